The van der Waals surface area contributed by atoms with E-state index in [9.17, 15) is 4.79 Å². The molecule has 0 radical (unpaired) electrons. The highest BCUT2D eigenvalue weighted by Gasteiger charge is 2.24. The van der Waals surface area contributed by atoms with E-state index in [0.717, 1.165) is 18.7 Å². The predicted octanol–water partition coefficient (Wildman–Crippen LogP) is 1.72. The molecular formula is C19H21N7O. The number of amides is 1. The second kappa shape index (κ2) is 7.53. The number of nitrogens with zero attached hydrogens (tertiary/aromatic N) is 7. The van der Waals surface area contributed by atoms with Crippen LogP contribution in [-0.2, 0) is 0 Å². The van der Waals surface area contributed by atoms with Gasteiger partial charge in [0.2, 0.25) is 5.95 Å². The van der Waals surface area contributed by atoms with E-state index in [-0.39, 0.29) is 5.91 Å². The lowest BCUT2D eigenvalue weighted by Crippen LogP contribution is -2.36. The maximum absolute atomic E-state index is 12.7. The molecule has 27 heavy (non-hydrogen) atoms. The van der Waals surface area contributed by atoms with Crippen molar-refractivity contribution in [2.24, 2.45) is 0 Å². The van der Waals surface area contributed by atoms with Crippen LogP contribution in [-0.4, -0.2) is 62.2 Å². The van der Waals surface area contributed by atoms with Gasteiger partial charge >= 0.3 is 0 Å². The van der Waals surface area contributed by atoms with E-state index in [1.807, 2.05) is 48.2 Å². The zero-order valence-electron chi connectivity index (χ0n) is 15.2. The molecule has 1 aliphatic rings. The predicted molar refractivity (Wildman–Crippen MR) is 101 cm³/mol. The van der Waals surface area contributed by atoms with Crippen molar-refractivity contribution in [2.45, 2.75) is 13.3 Å². The van der Waals surface area contributed by atoms with Crippen LogP contribution in [0, 0.1) is 6.92 Å². The minimum atomic E-state index is -0.0319. The van der Waals surface area contributed by atoms with Crippen LogP contribution in [0.5, 0.6) is 0 Å². The number of aryl methyl sites for hydroxylation is 1. The summed E-state index contributed by atoms with van der Waals surface area (Å²) < 4.78 is 1.75. The molecule has 0 unspecified atom stereocenters. The first-order chi connectivity index (χ1) is 13.2. The molecule has 1 amide bonds. The van der Waals surface area contributed by atoms with Crippen LogP contribution < -0.4 is 4.90 Å². The number of anilines is 1. The Hall–Kier alpha value is -3.29. The molecule has 0 N–H and O–H groups in total. The fraction of sp³-hybridized carbons (Fsp3) is 0.316. The number of carbonyl (C=O) groups excluding carboxylic acids is 1. The summed E-state index contributed by atoms with van der Waals surface area (Å²) in [4.78, 5) is 20.8. The van der Waals surface area contributed by atoms with Crippen molar-refractivity contribution < 1.29 is 4.79 Å². The molecule has 1 saturated heterocycles. The van der Waals surface area contributed by atoms with Crippen LogP contribution >= 0.6 is 0 Å². The molecule has 1 aromatic carbocycles. The number of benzene rings is 1. The largest absolute Gasteiger partial charge is 0.338 e. The van der Waals surface area contributed by atoms with Gasteiger partial charge in [0, 0.05) is 32.4 Å². The van der Waals surface area contributed by atoms with E-state index in [4.69, 9.17) is 0 Å². The monoisotopic (exact) mass is 363 g/mol. The molecule has 0 aliphatic carbocycles. The summed E-state index contributed by atoms with van der Waals surface area (Å²) in [6.45, 7) is 4.81. The summed E-state index contributed by atoms with van der Waals surface area (Å²) in [5.74, 6) is 0.668. The lowest BCUT2D eigenvalue weighted by Gasteiger charge is -2.22. The van der Waals surface area contributed by atoms with E-state index in [0.29, 0.717) is 31.3 Å². The number of tetrazole rings is 1. The van der Waals surface area contributed by atoms with Crippen molar-refractivity contribution in [1.29, 1.82) is 0 Å². The number of carbonyl (C=O) groups is 1. The molecule has 4 rings (SSSR count). The van der Waals surface area contributed by atoms with Crippen LogP contribution in [0.15, 0.2) is 48.7 Å². The summed E-state index contributed by atoms with van der Waals surface area (Å²) >= 11 is 0. The van der Waals surface area contributed by atoms with Gasteiger partial charge in [-0.3, -0.25) is 9.78 Å². The second-order valence-electron chi connectivity index (χ2n) is 6.57. The van der Waals surface area contributed by atoms with Gasteiger partial charge < -0.3 is 9.80 Å². The highest BCUT2D eigenvalue weighted by Crippen LogP contribution is 2.18. The molecule has 8 heteroatoms. The third-order valence-electron chi connectivity index (χ3n) is 4.68. The Kier molecular flexibility index (Phi) is 4.78. The van der Waals surface area contributed by atoms with Crippen molar-refractivity contribution in [3.63, 3.8) is 0 Å². The van der Waals surface area contributed by atoms with Gasteiger partial charge in [0.25, 0.3) is 5.91 Å². The van der Waals surface area contributed by atoms with E-state index >= 15 is 0 Å². The molecule has 8 nitrogen and oxygen atoms in total. The highest BCUT2D eigenvalue weighted by atomic mass is 16.2. The standard InChI is InChI=1S/C19H21N7O/c1-15-6-8-16(9-7-15)26-19(21-22-23-26)25-12-4-11-24(13-14-25)18(27)17-5-2-3-10-20-17/h2-3,5-10H,4,11-14H2,1H3. The number of pyridine rings is 1. The normalized spacial score (nSPS) is 14.9. The molecule has 2 aromatic heterocycles. The van der Waals surface area contributed by atoms with E-state index in [2.05, 4.69) is 25.4 Å². The molecular weight excluding hydrogens is 342 g/mol. The molecule has 0 spiro atoms. The quantitative estimate of drug-likeness (QED) is 0.705. The summed E-state index contributed by atoms with van der Waals surface area (Å²) in [6.07, 6.45) is 2.49. The summed E-state index contributed by atoms with van der Waals surface area (Å²) in [5.41, 5.74) is 2.59. The fourth-order valence-corrected chi connectivity index (χ4v) is 3.20. The van der Waals surface area contributed by atoms with Crippen LogP contribution in [0.3, 0.4) is 0 Å². The van der Waals surface area contributed by atoms with Gasteiger partial charge in [-0.05, 0) is 48.0 Å². The van der Waals surface area contributed by atoms with Crippen molar-refractivity contribution in [3.05, 3.63) is 59.9 Å². The average Bonchev–Trinajstić information content (AvgIpc) is 3.06. The molecule has 1 aliphatic heterocycles. The van der Waals surface area contributed by atoms with Crippen molar-refractivity contribution in [3.8, 4) is 5.69 Å². The first kappa shape index (κ1) is 17.1. The molecule has 138 valence electrons. The first-order valence-electron chi connectivity index (χ1n) is 9.03. The van der Waals surface area contributed by atoms with Gasteiger partial charge in [0.15, 0.2) is 0 Å². The van der Waals surface area contributed by atoms with Crippen LogP contribution in [0.2, 0.25) is 0 Å². The first-order valence-corrected chi connectivity index (χ1v) is 9.03. The van der Waals surface area contributed by atoms with Gasteiger partial charge in [-0.25, -0.2) is 0 Å². The Morgan fingerprint density at radius 1 is 1.00 bits per heavy atom. The van der Waals surface area contributed by atoms with Crippen LogP contribution in [0.1, 0.15) is 22.5 Å². The Morgan fingerprint density at radius 2 is 1.85 bits per heavy atom. The van der Waals surface area contributed by atoms with Crippen LogP contribution in [0.4, 0.5) is 5.95 Å². The number of aromatic nitrogens is 5. The molecule has 3 heterocycles. The average molecular weight is 363 g/mol. The maximum atomic E-state index is 12.7. The van der Waals surface area contributed by atoms with Gasteiger partial charge in [-0.2, -0.15) is 4.68 Å². The Bertz CT molecular complexity index is 907. The molecule has 3 aromatic rings. The summed E-state index contributed by atoms with van der Waals surface area (Å²) in [5, 5.41) is 12.2. The maximum Gasteiger partial charge on any atom is 0.272 e. The van der Waals surface area contributed by atoms with Gasteiger partial charge in [0.05, 0.1) is 5.69 Å². The van der Waals surface area contributed by atoms with Crippen LogP contribution in [0.25, 0.3) is 5.69 Å². The topological polar surface area (TPSA) is 80.0 Å². The molecule has 0 bridgehead atoms. The lowest BCUT2D eigenvalue weighted by molar-refractivity contribution is 0.0761. The van der Waals surface area contributed by atoms with E-state index in [1.165, 1.54) is 5.56 Å². The van der Waals surface area contributed by atoms with E-state index in [1.54, 1.807) is 16.9 Å². The Balaban J connectivity index is 1.50. The zero-order valence-corrected chi connectivity index (χ0v) is 15.2. The molecule has 0 saturated carbocycles. The summed E-state index contributed by atoms with van der Waals surface area (Å²) in [6, 6.07) is 13.5. The highest BCUT2D eigenvalue weighted by molar-refractivity contribution is 5.92. The zero-order chi connectivity index (χ0) is 18.6. The number of rotatable bonds is 3. The van der Waals surface area contributed by atoms with Gasteiger partial charge in [0.1, 0.15) is 5.69 Å². The fourth-order valence-electron chi connectivity index (χ4n) is 3.20. The number of hydrogen-bond donors (Lipinski definition) is 0. The van der Waals surface area contributed by atoms with Crippen molar-refractivity contribution in [2.75, 3.05) is 31.1 Å². The minimum absolute atomic E-state index is 0.0319. The van der Waals surface area contributed by atoms with E-state index < -0.39 is 0 Å². The molecule has 1 fully saturated rings. The van der Waals surface area contributed by atoms with Gasteiger partial charge in [-0.1, -0.05) is 28.9 Å². The smallest absolute Gasteiger partial charge is 0.272 e. The Morgan fingerprint density at radius 3 is 2.63 bits per heavy atom. The minimum Gasteiger partial charge on any atom is -0.338 e. The van der Waals surface area contributed by atoms with Crippen molar-refractivity contribution in [1.82, 2.24) is 30.1 Å². The van der Waals surface area contributed by atoms with Crippen molar-refractivity contribution >= 4 is 11.9 Å². The molecule has 0 atom stereocenters. The third-order valence-corrected chi connectivity index (χ3v) is 4.68. The number of hydrogen-bond acceptors (Lipinski definition) is 6. The lowest BCUT2D eigenvalue weighted by atomic mass is 10.2. The second-order valence-corrected chi connectivity index (χ2v) is 6.57. The third kappa shape index (κ3) is 3.64. The summed E-state index contributed by atoms with van der Waals surface area (Å²) in [7, 11) is 0. The van der Waals surface area contributed by atoms with Gasteiger partial charge in [-0.15, -0.1) is 0 Å². The Labute approximate surface area is 157 Å². The SMILES string of the molecule is Cc1ccc(-n2nnnc2N2CCCN(C(=O)c3ccccn3)CC2)cc1.